The molecule has 0 amide bonds. The highest BCUT2D eigenvalue weighted by Crippen LogP contribution is 2.13. The van der Waals surface area contributed by atoms with Crippen molar-refractivity contribution in [2.24, 2.45) is 5.92 Å². The Morgan fingerprint density at radius 2 is 1.79 bits per heavy atom. The largest absolute Gasteiger partial charge is 0.393 e. The first-order valence-corrected chi connectivity index (χ1v) is 6.12. The van der Waals surface area contributed by atoms with E-state index in [9.17, 15) is 5.11 Å². The average Bonchev–Trinajstić information content (AvgIpc) is 2.21. The minimum absolute atomic E-state index is 0.208. The lowest BCUT2D eigenvalue weighted by Gasteiger charge is -2.14. The van der Waals surface area contributed by atoms with E-state index in [-0.39, 0.29) is 12.0 Å². The maximum absolute atomic E-state index is 9.63. The van der Waals surface area contributed by atoms with Gasteiger partial charge >= 0.3 is 0 Å². The van der Waals surface area contributed by atoms with E-state index in [2.05, 4.69) is 6.58 Å². The molecule has 0 aliphatic heterocycles. The molecule has 1 N–H and O–H groups in total. The topological polar surface area (TPSA) is 20.2 Å². The van der Waals surface area contributed by atoms with Gasteiger partial charge in [-0.25, -0.2) is 0 Å². The standard InChI is InChI=1S/C12H23ClO/c1-3-11(2)12(14)9-7-5-4-6-8-10-13/h3,11-12,14H,1,4-10H2,2H3/t11-,12+/m0/s1. The maximum Gasteiger partial charge on any atom is 0.0600 e. The summed E-state index contributed by atoms with van der Waals surface area (Å²) in [7, 11) is 0. The fraction of sp³-hybridized carbons (Fsp3) is 0.833. The molecule has 0 saturated heterocycles. The number of rotatable bonds is 9. The minimum Gasteiger partial charge on any atom is -0.393 e. The second-order valence-electron chi connectivity index (χ2n) is 3.91. The lowest BCUT2D eigenvalue weighted by molar-refractivity contribution is 0.125. The Morgan fingerprint density at radius 1 is 1.21 bits per heavy atom. The van der Waals surface area contributed by atoms with Crippen molar-refractivity contribution in [3.63, 3.8) is 0 Å². The molecule has 2 heteroatoms. The van der Waals surface area contributed by atoms with Crippen LogP contribution in [0.25, 0.3) is 0 Å². The number of hydrogen-bond acceptors (Lipinski definition) is 1. The Kier molecular flexibility index (Phi) is 9.53. The molecular formula is C12H23ClO. The minimum atomic E-state index is -0.208. The van der Waals surface area contributed by atoms with Crippen LogP contribution in [0.2, 0.25) is 0 Å². The Balaban J connectivity index is 3.22. The zero-order chi connectivity index (χ0) is 10.8. The third-order valence-electron chi connectivity index (χ3n) is 2.61. The molecule has 2 atom stereocenters. The van der Waals surface area contributed by atoms with Crippen molar-refractivity contribution >= 4 is 11.6 Å². The average molecular weight is 219 g/mol. The number of aliphatic hydroxyl groups is 1. The Labute approximate surface area is 93.2 Å². The quantitative estimate of drug-likeness (QED) is 0.355. The van der Waals surface area contributed by atoms with E-state index in [0.717, 1.165) is 25.1 Å². The molecule has 0 saturated carbocycles. The lowest BCUT2D eigenvalue weighted by Crippen LogP contribution is -2.14. The first kappa shape index (κ1) is 14.0. The van der Waals surface area contributed by atoms with Crippen LogP contribution in [-0.4, -0.2) is 17.1 Å². The molecule has 0 rings (SSSR count). The second-order valence-corrected chi connectivity index (χ2v) is 4.29. The van der Waals surface area contributed by atoms with Gasteiger partial charge in [0.05, 0.1) is 6.10 Å². The van der Waals surface area contributed by atoms with Gasteiger partial charge in [-0.2, -0.15) is 0 Å². The van der Waals surface area contributed by atoms with Gasteiger partial charge in [-0.05, 0) is 18.8 Å². The first-order valence-electron chi connectivity index (χ1n) is 5.59. The SMILES string of the molecule is C=C[C@H](C)[C@H](O)CCCCCCCCl. The molecule has 0 radical (unpaired) electrons. The van der Waals surface area contributed by atoms with Crippen LogP contribution in [0.15, 0.2) is 12.7 Å². The molecule has 0 spiro atoms. The van der Waals surface area contributed by atoms with Crippen molar-refractivity contribution in [2.45, 2.75) is 51.6 Å². The van der Waals surface area contributed by atoms with Gasteiger partial charge in [0.25, 0.3) is 0 Å². The molecule has 0 fully saturated rings. The summed E-state index contributed by atoms with van der Waals surface area (Å²) in [5.41, 5.74) is 0. The summed E-state index contributed by atoms with van der Waals surface area (Å²) in [6.07, 6.45) is 8.40. The highest BCUT2D eigenvalue weighted by atomic mass is 35.5. The van der Waals surface area contributed by atoms with Gasteiger partial charge in [0, 0.05) is 5.88 Å². The third kappa shape index (κ3) is 7.40. The van der Waals surface area contributed by atoms with Gasteiger partial charge in [0.1, 0.15) is 0 Å². The summed E-state index contributed by atoms with van der Waals surface area (Å²) in [6.45, 7) is 5.68. The summed E-state index contributed by atoms with van der Waals surface area (Å²) >= 11 is 5.57. The summed E-state index contributed by atoms with van der Waals surface area (Å²) < 4.78 is 0. The van der Waals surface area contributed by atoms with E-state index in [0.29, 0.717) is 0 Å². The van der Waals surface area contributed by atoms with E-state index in [1.165, 1.54) is 19.3 Å². The first-order chi connectivity index (χ1) is 6.72. The monoisotopic (exact) mass is 218 g/mol. The van der Waals surface area contributed by atoms with Crippen LogP contribution >= 0.6 is 11.6 Å². The van der Waals surface area contributed by atoms with Crippen LogP contribution in [0, 0.1) is 5.92 Å². The Hall–Kier alpha value is -0.0100. The van der Waals surface area contributed by atoms with Crippen molar-refractivity contribution < 1.29 is 5.11 Å². The fourth-order valence-corrected chi connectivity index (χ4v) is 1.59. The smallest absolute Gasteiger partial charge is 0.0600 e. The fourth-order valence-electron chi connectivity index (χ4n) is 1.40. The number of halogens is 1. The van der Waals surface area contributed by atoms with Gasteiger partial charge in [-0.15, -0.1) is 18.2 Å². The molecule has 0 heterocycles. The van der Waals surface area contributed by atoms with Crippen LogP contribution in [0.5, 0.6) is 0 Å². The zero-order valence-corrected chi connectivity index (χ0v) is 9.97. The lowest BCUT2D eigenvalue weighted by atomic mass is 9.99. The molecule has 0 aromatic rings. The molecule has 0 aliphatic carbocycles. The van der Waals surface area contributed by atoms with Gasteiger partial charge in [0.2, 0.25) is 0 Å². The molecule has 1 nitrogen and oxygen atoms in total. The van der Waals surface area contributed by atoms with Crippen molar-refractivity contribution in [3.8, 4) is 0 Å². The third-order valence-corrected chi connectivity index (χ3v) is 2.88. The van der Waals surface area contributed by atoms with Crippen LogP contribution in [0.3, 0.4) is 0 Å². The summed E-state index contributed by atoms with van der Waals surface area (Å²) in [4.78, 5) is 0. The van der Waals surface area contributed by atoms with Crippen molar-refractivity contribution in [2.75, 3.05) is 5.88 Å². The normalized spacial score (nSPS) is 15.1. The van der Waals surface area contributed by atoms with Crippen molar-refractivity contribution in [1.82, 2.24) is 0 Å². The second kappa shape index (κ2) is 9.54. The summed E-state index contributed by atoms with van der Waals surface area (Å²) in [6, 6.07) is 0. The number of aliphatic hydroxyl groups excluding tert-OH is 1. The number of unbranched alkanes of at least 4 members (excludes halogenated alkanes) is 4. The highest BCUT2D eigenvalue weighted by Gasteiger charge is 2.09. The number of hydrogen-bond donors (Lipinski definition) is 1. The molecule has 84 valence electrons. The van der Waals surface area contributed by atoms with Gasteiger partial charge < -0.3 is 5.11 Å². The van der Waals surface area contributed by atoms with Crippen molar-refractivity contribution in [3.05, 3.63) is 12.7 Å². The Morgan fingerprint density at radius 3 is 2.36 bits per heavy atom. The molecular weight excluding hydrogens is 196 g/mol. The van der Waals surface area contributed by atoms with Crippen LogP contribution in [0.1, 0.15) is 45.4 Å². The van der Waals surface area contributed by atoms with E-state index in [1.807, 2.05) is 13.0 Å². The van der Waals surface area contributed by atoms with Crippen molar-refractivity contribution in [1.29, 1.82) is 0 Å². The summed E-state index contributed by atoms with van der Waals surface area (Å²) in [5, 5.41) is 9.63. The predicted octanol–water partition coefficient (Wildman–Crippen LogP) is 3.75. The van der Waals surface area contributed by atoms with Crippen LogP contribution in [0.4, 0.5) is 0 Å². The summed E-state index contributed by atoms with van der Waals surface area (Å²) in [5.74, 6) is 0.994. The molecule has 14 heavy (non-hydrogen) atoms. The molecule has 0 aromatic carbocycles. The van der Waals surface area contributed by atoms with Gasteiger partial charge in [-0.1, -0.05) is 38.7 Å². The highest BCUT2D eigenvalue weighted by molar-refractivity contribution is 6.17. The van der Waals surface area contributed by atoms with E-state index in [4.69, 9.17) is 11.6 Å². The molecule has 0 aliphatic rings. The van der Waals surface area contributed by atoms with Crippen LogP contribution < -0.4 is 0 Å². The Bertz CT molecular complexity index is 136. The zero-order valence-electron chi connectivity index (χ0n) is 9.21. The predicted molar refractivity (Wildman–Crippen MR) is 63.8 cm³/mol. The van der Waals surface area contributed by atoms with E-state index >= 15 is 0 Å². The molecule has 0 unspecified atom stereocenters. The van der Waals surface area contributed by atoms with E-state index < -0.39 is 0 Å². The van der Waals surface area contributed by atoms with E-state index in [1.54, 1.807) is 0 Å². The van der Waals surface area contributed by atoms with Gasteiger partial charge in [-0.3, -0.25) is 0 Å². The van der Waals surface area contributed by atoms with Crippen LogP contribution in [-0.2, 0) is 0 Å². The van der Waals surface area contributed by atoms with Gasteiger partial charge in [0.15, 0.2) is 0 Å². The molecule has 0 aromatic heterocycles. The molecule has 0 bridgehead atoms. The number of alkyl halides is 1. The maximum atomic E-state index is 9.63.